The molecule has 1 aromatic carbocycles. The van der Waals surface area contributed by atoms with Crippen molar-refractivity contribution in [1.82, 2.24) is 4.90 Å². The molecular formula is C15H17Cl2F3N2O3. The topological polar surface area (TPSA) is 69.6 Å². The molecule has 5 nitrogen and oxygen atoms in total. The predicted molar refractivity (Wildman–Crippen MR) is 89.2 cm³/mol. The fourth-order valence-electron chi connectivity index (χ4n) is 2.71. The molecule has 1 aromatic rings. The first-order valence-electron chi connectivity index (χ1n) is 7.32. The Morgan fingerprint density at radius 3 is 2.60 bits per heavy atom. The number of anilines is 1. The van der Waals surface area contributed by atoms with Crippen molar-refractivity contribution in [3.05, 3.63) is 28.8 Å². The highest BCUT2D eigenvalue weighted by atomic mass is 35.5. The van der Waals surface area contributed by atoms with E-state index in [-0.39, 0.29) is 24.0 Å². The number of piperidine rings is 1. The number of rotatable bonds is 4. The quantitative estimate of drug-likeness (QED) is 0.808. The molecule has 1 aliphatic heterocycles. The zero-order valence-electron chi connectivity index (χ0n) is 13.0. The molecule has 140 valence electrons. The molecule has 1 heterocycles. The summed E-state index contributed by atoms with van der Waals surface area (Å²) in [7, 11) is 0. The van der Waals surface area contributed by atoms with Crippen LogP contribution < -0.4 is 5.32 Å². The van der Waals surface area contributed by atoms with E-state index in [4.69, 9.17) is 16.7 Å². The van der Waals surface area contributed by atoms with Crippen LogP contribution in [0.25, 0.3) is 0 Å². The first kappa shape index (κ1) is 21.5. The number of para-hydroxylation sites is 1. The molecule has 2 rings (SSSR count). The van der Waals surface area contributed by atoms with Crippen molar-refractivity contribution in [1.29, 1.82) is 0 Å². The third-order valence-corrected chi connectivity index (χ3v) is 4.14. The average Bonchev–Trinajstić information content (AvgIpc) is 2.48. The number of nitrogens with one attached hydrogen (secondary N) is 1. The molecular weight excluding hydrogens is 384 g/mol. The lowest BCUT2D eigenvalue weighted by molar-refractivity contribution is -0.145. The molecule has 1 atom stereocenters. The monoisotopic (exact) mass is 400 g/mol. The summed E-state index contributed by atoms with van der Waals surface area (Å²) in [6, 6.07) is 2.40. The molecule has 2 N–H and O–H groups in total. The fourth-order valence-corrected chi connectivity index (χ4v) is 2.93. The maximum absolute atomic E-state index is 13.0. The SMILES string of the molecule is Cl.O=C(CN1CCCCC1C(=O)O)Nc1c(Cl)cccc1C(F)(F)F. The molecule has 1 aliphatic rings. The van der Waals surface area contributed by atoms with Gasteiger partial charge in [-0.05, 0) is 31.5 Å². The van der Waals surface area contributed by atoms with Crippen molar-refractivity contribution in [2.75, 3.05) is 18.4 Å². The molecule has 1 fully saturated rings. The van der Waals surface area contributed by atoms with Gasteiger partial charge in [0.25, 0.3) is 0 Å². The number of carbonyl (C=O) groups excluding carboxylic acids is 1. The molecule has 1 unspecified atom stereocenters. The second-order valence-corrected chi connectivity index (χ2v) is 5.94. The van der Waals surface area contributed by atoms with E-state index in [1.807, 2.05) is 0 Å². The van der Waals surface area contributed by atoms with Crippen molar-refractivity contribution in [2.45, 2.75) is 31.5 Å². The van der Waals surface area contributed by atoms with Gasteiger partial charge in [-0.15, -0.1) is 12.4 Å². The van der Waals surface area contributed by atoms with Crippen LogP contribution >= 0.6 is 24.0 Å². The lowest BCUT2D eigenvalue weighted by Crippen LogP contribution is -2.47. The van der Waals surface area contributed by atoms with E-state index >= 15 is 0 Å². The summed E-state index contributed by atoms with van der Waals surface area (Å²) in [6.07, 6.45) is -2.79. The smallest absolute Gasteiger partial charge is 0.418 e. The van der Waals surface area contributed by atoms with Gasteiger partial charge in [0.2, 0.25) is 5.91 Å². The third kappa shape index (κ3) is 5.49. The van der Waals surface area contributed by atoms with E-state index in [9.17, 15) is 22.8 Å². The summed E-state index contributed by atoms with van der Waals surface area (Å²) >= 11 is 5.78. The van der Waals surface area contributed by atoms with E-state index in [2.05, 4.69) is 5.32 Å². The van der Waals surface area contributed by atoms with Gasteiger partial charge in [-0.1, -0.05) is 24.1 Å². The van der Waals surface area contributed by atoms with Crippen LogP contribution in [0.3, 0.4) is 0 Å². The summed E-state index contributed by atoms with van der Waals surface area (Å²) in [4.78, 5) is 24.8. The van der Waals surface area contributed by atoms with Crippen LogP contribution in [0, 0.1) is 0 Å². The Morgan fingerprint density at radius 2 is 2.00 bits per heavy atom. The van der Waals surface area contributed by atoms with Gasteiger partial charge in [0.15, 0.2) is 0 Å². The summed E-state index contributed by atoms with van der Waals surface area (Å²) in [5, 5.41) is 11.1. The highest BCUT2D eigenvalue weighted by Gasteiger charge is 2.35. The number of amides is 1. The number of hydrogen-bond acceptors (Lipinski definition) is 3. The Kier molecular flexibility index (Phi) is 7.52. The number of nitrogens with zero attached hydrogens (tertiary/aromatic N) is 1. The maximum atomic E-state index is 13.0. The van der Waals surface area contributed by atoms with Crippen LogP contribution in [0.15, 0.2) is 18.2 Å². The largest absolute Gasteiger partial charge is 0.480 e. The Morgan fingerprint density at radius 1 is 1.32 bits per heavy atom. The van der Waals surface area contributed by atoms with Crippen LogP contribution in [-0.4, -0.2) is 41.0 Å². The summed E-state index contributed by atoms with van der Waals surface area (Å²) in [5.74, 6) is -1.78. The molecule has 0 saturated carbocycles. The third-order valence-electron chi connectivity index (χ3n) is 3.83. The summed E-state index contributed by atoms with van der Waals surface area (Å²) in [5.41, 5.74) is -1.56. The van der Waals surface area contributed by atoms with Crippen LogP contribution in [0.4, 0.5) is 18.9 Å². The van der Waals surface area contributed by atoms with Crippen LogP contribution in [0.2, 0.25) is 5.02 Å². The van der Waals surface area contributed by atoms with E-state index in [1.165, 1.54) is 11.0 Å². The molecule has 0 aromatic heterocycles. The lowest BCUT2D eigenvalue weighted by Gasteiger charge is -2.32. The molecule has 1 amide bonds. The standard InChI is InChI=1S/C15H16ClF3N2O3.ClH/c16-10-5-3-4-9(15(17,18)19)13(10)20-12(22)8-21-7-2-1-6-11(21)14(23)24;/h3-5,11H,1-2,6-8H2,(H,20,22)(H,23,24);1H. The van der Waals surface area contributed by atoms with Gasteiger partial charge in [-0.25, -0.2) is 0 Å². The van der Waals surface area contributed by atoms with Crippen molar-refractivity contribution in [3.63, 3.8) is 0 Å². The van der Waals surface area contributed by atoms with Gasteiger partial charge in [-0.2, -0.15) is 13.2 Å². The highest BCUT2D eigenvalue weighted by molar-refractivity contribution is 6.34. The first-order chi connectivity index (χ1) is 11.2. The first-order valence-corrected chi connectivity index (χ1v) is 7.70. The Labute approximate surface area is 153 Å². The minimum Gasteiger partial charge on any atom is -0.480 e. The zero-order chi connectivity index (χ0) is 17.9. The zero-order valence-corrected chi connectivity index (χ0v) is 14.5. The minimum absolute atomic E-state index is 0. The number of halogens is 5. The van der Waals surface area contributed by atoms with Crippen molar-refractivity contribution in [3.8, 4) is 0 Å². The summed E-state index contributed by atoms with van der Waals surface area (Å²) < 4.78 is 39.0. The number of carboxylic acids is 1. The Hall–Kier alpha value is -1.51. The molecule has 0 bridgehead atoms. The maximum Gasteiger partial charge on any atom is 0.418 e. The number of alkyl halides is 3. The minimum atomic E-state index is -4.66. The number of aliphatic carboxylic acids is 1. The van der Waals surface area contributed by atoms with Gasteiger partial charge >= 0.3 is 12.1 Å². The fraction of sp³-hybridized carbons (Fsp3) is 0.467. The van der Waals surface area contributed by atoms with Crippen molar-refractivity contribution >= 4 is 41.6 Å². The van der Waals surface area contributed by atoms with E-state index in [0.29, 0.717) is 13.0 Å². The molecule has 25 heavy (non-hydrogen) atoms. The Bertz CT molecular complexity index is 641. The van der Waals surface area contributed by atoms with Gasteiger partial charge in [0.1, 0.15) is 6.04 Å². The number of benzene rings is 1. The van der Waals surface area contributed by atoms with E-state index in [0.717, 1.165) is 25.0 Å². The molecule has 0 radical (unpaired) electrons. The molecule has 10 heteroatoms. The molecule has 1 saturated heterocycles. The van der Waals surface area contributed by atoms with Gasteiger partial charge in [0, 0.05) is 0 Å². The van der Waals surface area contributed by atoms with E-state index in [1.54, 1.807) is 0 Å². The predicted octanol–water partition coefficient (Wildman–Crippen LogP) is 3.66. The van der Waals surface area contributed by atoms with Gasteiger partial charge < -0.3 is 10.4 Å². The normalized spacial score (nSPS) is 18.3. The average molecular weight is 401 g/mol. The van der Waals surface area contributed by atoms with Crippen LogP contribution in [0.5, 0.6) is 0 Å². The molecule has 0 spiro atoms. The number of likely N-dealkylation sites (tertiary alicyclic amines) is 1. The Balaban J connectivity index is 0.00000312. The van der Waals surface area contributed by atoms with Crippen molar-refractivity contribution < 1.29 is 27.9 Å². The second-order valence-electron chi connectivity index (χ2n) is 5.53. The van der Waals surface area contributed by atoms with Gasteiger partial charge in [-0.3, -0.25) is 14.5 Å². The van der Waals surface area contributed by atoms with Crippen LogP contribution in [0.1, 0.15) is 24.8 Å². The number of carboxylic acid groups (broad SMARTS) is 1. The number of carbonyl (C=O) groups is 2. The number of hydrogen-bond donors (Lipinski definition) is 2. The van der Waals surface area contributed by atoms with Crippen molar-refractivity contribution in [2.24, 2.45) is 0 Å². The summed E-state index contributed by atoms with van der Waals surface area (Å²) in [6.45, 7) is 0.0958. The molecule has 0 aliphatic carbocycles. The highest BCUT2D eigenvalue weighted by Crippen LogP contribution is 2.38. The second kappa shape index (κ2) is 8.73. The van der Waals surface area contributed by atoms with Gasteiger partial charge in [0.05, 0.1) is 22.8 Å². The lowest BCUT2D eigenvalue weighted by atomic mass is 10.0. The van der Waals surface area contributed by atoms with E-state index < -0.39 is 35.3 Å². The van der Waals surface area contributed by atoms with Crippen LogP contribution in [-0.2, 0) is 15.8 Å².